The highest BCUT2D eigenvalue weighted by atomic mass is 16.5. The second kappa shape index (κ2) is 9.62. The van der Waals surface area contributed by atoms with Gasteiger partial charge in [-0.05, 0) is 37.6 Å². The van der Waals surface area contributed by atoms with E-state index in [4.69, 9.17) is 4.74 Å². The average molecular weight is 415 g/mol. The van der Waals surface area contributed by atoms with Gasteiger partial charge in [-0.1, -0.05) is 30.3 Å². The van der Waals surface area contributed by atoms with Crippen molar-refractivity contribution in [2.75, 3.05) is 13.2 Å². The summed E-state index contributed by atoms with van der Waals surface area (Å²) in [7, 11) is 0. The van der Waals surface area contributed by atoms with Crippen molar-refractivity contribution in [2.24, 2.45) is 0 Å². The topological polar surface area (TPSA) is 69.9 Å². The van der Waals surface area contributed by atoms with Gasteiger partial charge in [0.15, 0.2) is 0 Å². The zero-order valence-electron chi connectivity index (χ0n) is 17.9. The minimum atomic E-state index is 0.0510. The van der Waals surface area contributed by atoms with Gasteiger partial charge in [-0.3, -0.25) is 14.8 Å². The lowest BCUT2D eigenvalue weighted by Gasteiger charge is -2.16. The first kappa shape index (κ1) is 20.9. The number of Topliss-reactive ketones (excluding diaryl/α,β-unsaturated/α-hetero) is 1. The first-order valence-corrected chi connectivity index (χ1v) is 10.5. The molecule has 0 saturated carbocycles. The van der Waals surface area contributed by atoms with Crippen LogP contribution in [-0.2, 0) is 16.0 Å². The van der Waals surface area contributed by atoms with Gasteiger partial charge in [0.1, 0.15) is 5.78 Å². The minimum absolute atomic E-state index is 0.0510. The Morgan fingerprint density at radius 3 is 2.71 bits per heavy atom. The van der Waals surface area contributed by atoms with Crippen LogP contribution in [0.15, 0.2) is 67.1 Å². The van der Waals surface area contributed by atoms with E-state index in [1.807, 2.05) is 61.1 Å². The zero-order valence-corrected chi connectivity index (χ0v) is 17.9. The number of ketones is 1. The molecule has 0 spiro atoms. The Bertz CT molecular complexity index is 1170. The van der Waals surface area contributed by atoms with Gasteiger partial charge in [0.25, 0.3) is 0 Å². The molecule has 1 atom stereocenters. The lowest BCUT2D eigenvalue weighted by atomic mass is 9.93. The number of ether oxygens (including phenoxy) is 1. The monoisotopic (exact) mass is 414 g/mol. The van der Waals surface area contributed by atoms with E-state index in [1.165, 1.54) is 0 Å². The SMILES string of the molecule is CCOC[C@@H](CC(=O)Cc1cc2cnn(-c3ccnc(C)c3)c2cn1)c1ccccc1. The Balaban J connectivity index is 1.49. The third-order valence-corrected chi connectivity index (χ3v) is 5.28. The molecule has 3 aromatic heterocycles. The highest BCUT2D eigenvalue weighted by Crippen LogP contribution is 2.23. The van der Waals surface area contributed by atoms with Crippen molar-refractivity contribution >= 4 is 16.7 Å². The van der Waals surface area contributed by atoms with E-state index in [1.54, 1.807) is 12.4 Å². The number of pyridine rings is 2. The molecule has 6 nitrogen and oxygen atoms in total. The molecule has 0 aliphatic rings. The highest BCUT2D eigenvalue weighted by molar-refractivity contribution is 5.84. The van der Waals surface area contributed by atoms with E-state index >= 15 is 0 Å². The van der Waals surface area contributed by atoms with Crippen LogP contribution in [0.5, 0.6) is 0 Å². The van der Waals surface area contributed by atoms with E-state index in [0.29, 0.717) is 26.1 Å². The maximum absolute atomic E-state index is 12.8. The number of benzene rings is 1. The molecule has 4 aromatic rings. The fourth-order valence-electron chi connectivity index (χ4n) is 3.74. The number of carbonyl (C=O) groups excluding carboxylic acids is 1. The van der Waals surface area contributed by atoms with Crippen molar-refractivity contribution in [2.45, 2.75) is 32.6 Å². The van der Waals surface area contributed by atoms with Crippen LogP contribution in [0.4, 0.5) is 0 Å². The Morgan fingerprint density at radius 1 is 1.10 bits per heavy atom. The highest BCUT2D eigenvalue weighted by Gasteiger charge is 2.17. The van der Waals surface area contributed by atoms with Crippen molar-refractivity contribution in [1.29, 1.82) is 0 Å². The molecule has 1 aromatic carbocycles. The molecular formula is C25H26N4O2. The van der Waals surface area contributed by atoms with Crippen LogP contribution in [-0.4, -0.2) is 38.7 Å². The molecule has 0 N–H and O–H groups in total. The van der Waals surface area contributed by atoms with Crippen molar-refractivity contribution in [3.05, 3.63) is 84.1 Å². The lowest BCUT2D eigenvalue weighted by Crippen LogP contribution is -2.15. The fraction of sp³-hybridized carbons (Fsp3) is 0.280. The van der Waals surface area contributed by atoms with E-state index in [0.717, 1.165) is 33.5 Å². The average Bonchev–Trinajstić information content (AvgIpc) is 3.20. The standard InChI is InChI=1S/C25H26N4O2/c1-3-31-17-21(19-7-5-4-6-8-19)13-24(30)14-22-12-20-15-28-29(25(20)16-27-22)23-9-10-26-18(2)11-23/h4-12,15-16,21H,3,13-14,17H2,1-2H3/t21-/m1/s1. The van der Waals surface area contributed by atoms with Gasteiger partial charge in [-0.2, -0.15) is 5.10 Å². The van der Waals surface area contributed by atoms with Crippen LogP contribution in [0.3, 0.4) is 0 Å². The Hall–Kier alpha value is -3.38. The molecule has 0 amide bonds. The quantitative estimate of drug-likeness (QED) is 0.405. The molecule has 0 saturated heterocycles. The Morgan fingerprint density at radius 2 is 1.94 bits per heavy atom. The molecule has 0 aliphatic carbocycles. The number of fused-ring (bicyclic) bond motifs is 1. The second-order valence-corrected chi connectivity index (χ2v) is 7.63. The van der Waals surface area contributed by atoms with Gasteiger partial charge in [0.2, 0.25) is 0 Å². The van der Waals surface area contributed by atoms with Gasteiger partial charge >= 0.3 is 0 Å². The number of carbonyl (C=O) groups is 1. The van der Waals surface area contributed by atoms with Gasteiger partial charge in [-0.15, -0.1) is 0 Å². The summed E-state index contributed by atoms with van der Waals surface area (Å²) in [6, 6.07) is 15.9. The molecule has 31 heavy (non-hydrogen) atoms. The van der Waals surface area contributed by atoms with E-state index < -0.39 is 0 Å². The predicted molar refractivity (Wildman–Crippen MR) is 120 cm³/mol. The molecule has 0 aliphatic heterocycles. The van der Waals surface area contributed by atoms with E-state index in [9.17, 15) is 4.79 Å². The molecule has 0 unspecified atom stereocenters. The third-order valence-electron chi connectivity index (χ3n) is 5.28. The fourth-order valence-corrected chi connectivity index (χ4v) is 3.74. The number of hydrogen-bond acceptors (Lipinski definition) is 5. The summed E-state index contributed by atoms with van der Waals surface area (Å²) in [4.78, 5) is 21.6. The minimum Gasteiger partial charge on any atom is -0.381 e. The van der Waals surface area contributed by atoms with Crippen LogP contribution in [0, 0.1) is 6.92 Å². The van der Waals surface area contributed by atoms with Crippen LogP contribution in [0.2, 0.25) is 0 Å². The summed E-state index contributed by atoms with van der Waals surface area (Å²) >= 11 is 0. The smallest absolute Gasteiger partial charge is 0.139 e. The van der Waals surface area contributed by atoms with Gasteiger partial charge in [-0.25, -0.2) is 4.68 Å². The van der Waals surface area contributed by atoms with Crippen LogP contribution < -0.4 is 0 Å². The number of aromatic nitrogens is 4. The Labute approximate surface area is 181 Å². The number of aryl methyl sites for hydroxylation is 1. The first-order valence-electron chi connectivity index (χ1n) is 10.5. The molecule has 4 rings (SSSR count). The van der Waals surface area contributed by atoms with E-state index in [-0.39, 0.29) is 11.7 Å². The van der Waals surface area contributed by atoms with Crippen LogP contribution in [0.25, 0.3) is 16.6 Å². The van der Waals surface area contributed by atoms with Crippen molar-refractivity contribution in [3.8, 4) is 5.69 Å². The summed E-state index contributed by atoms with van der Waals surface area (Å²) < 4.78 is 7.47. The van der Waals surface area contributed by atoms with Crippen molar-refractivity contribution in [3.63, 3.8) is 0 Å². The van der Waals surface area contributed by atoms with Crippen molar-refractivity contribution < 1.29 is 9.53 Å². The summed E-state index contributed by atoms with van der Waals surface area (Å²) in [5.41, 5.74) is 4.65. The lowest BCUT2D eigenvalue weighted by molar-refractivity contribution is -0.119. The second-order valence-electron chi connectivity index (χ2n) is 7.63. The summed E-state index contributed by atoms with van der Waals surface area (Å²) in [6.07, 6.45) is 6.09. The van der Waals surface area contributed by atoms with Gasteiger partial charge in [0.05, 0.1) is 30.2 Å². The molecule has 0 fully saturated rings. The summed E-state index contributed by atoms with van der Waals surface area (Å²) in [5, 5.41) is 5.46. The summed E-state index contributed by atoms with van der Waals surface area (Å²) in [5.74, 6) is 0.201. The Kier molecular flexibility index (Phi) is 6.48. The van der Waals surface area contributed by atoms with Crippen LogP contribution in [0.1, 0.15) is 36.2 Å². The van der Waals surface area contributed by atoms with E-state index in [2.05, 4.69) is 27.2 Å². The number of hydrogen-bond donors (Lipinski definition) is 0. The summed E-state index contributed by atoms with van der Waals surface area (Å²) in [6.45, 7) is 5.09. The molecule has 3 heterocycles. The zero-order chi connectivity index (χ0) is 21.6. The molecular weight excluding hydrogens is 388 g/mol. The predicted octanol–water partition coefficient (Wildman–Crippen LogP) is 4.45. The number of nitrogens with zero attached hydrogens (tertiary/aromatic N) is 4. The normalized spacial score (nSPS) is 12.2. The first-order chi connectivity index (χ1) is 15.1. The maximum Gasteiger partial charge on any atom is 0.139 e. The maximum atomic E-state index is 12.8. The third kappa shape index (κ3) is 5.03. The largest absolute Gasteiger partial charge is 0.381 e. The molecule has 0 radical (unpaired) electrons. The van der Waals surface area contributed by atoms with Crippen LogP contribution >= 0.6 is 0 Å². The molecule has 158 valence electrons. The number of rotatable bonds is 9. The molecule has 6 heteroatoms. The van der Waals surface area contributed by atoms with Gasteiger partial charge < -0.3 is 4.74 Å². The van der Waals surface area contributed by atoms with Crippen molar-refractivity contribution in [1.82, 2.24) is 19.7 Å². The van der Waals surface area contributed by atoms with Gasteiger partial charge in [0, 0.05) is 48.3 Å². The molecule has 0 bridgehead atoms.